The molecule has 28 heavy (non-hydrogen) atoms. The number of amides is 1. The molecule has 1 aromatic carbocycles. The number of benzene rings is 1. The number of hydrogen-bond acceptors (Lipinski definition) is 3. The fourth-order valence-electron chi connectivity index (χ4n) is 4.80. The van der Waals surface area contributed by atoms with Crippen LogP contribution in [-0.4, -0.2) is 39.0 Å². The fourth-order valence-corrected chi connectivity index (χ4v) is 4.80. The summed E-state index contributed by atoms with van der Waals surface area (Å²) in [5.41, 5.74) is 8.05. The number of imidazole rings is 1. The maximum absolute atomic E-state index is 13.1. The van der Waals surface area contributed by atoms with Crippen molar-refractivity contribution in [3.05, 3.63) is 30.1 Å². The molecule has 7 heteroatoms. The number of piperidine rings is 1. The average Bonchev–Trinajstić information content (AvgIpc) is 3.25. The van der Waals surface area contributed by atoms with Crippen molar-refractivity contribution in [1.29, 1.82) is 0 Å². The first-order valence-corrected chi connectivity index (χ1v) is 10.0. The molecule has 1 saturated carbocycles. The summed E-state index contributed by atoms with van der Waals surface area (Å²) in [5.74, 6) is 1.57. The lowest BCUT2D eigenvalue weighted by atomic mass is 9.92. The van der Waals surface area contributed by atoms with Crippen molar-refractivity contribution < 1.29 is 4.79 Å². The minimum atomic E-state index is -0.625. The molecule has 5 nitrogen and oxygen atoms in total. The molecule has 2 aliphatic rings. The number of rotatable bonds is 3. The van der Waals surface area contributed by atoms with Crippen LogP contribution in [0.1, 0.15) is 70.2 Å². The van der Waals surface area contributed by atoms with Gasteiger partial charge in [-0.25, -0.2) is 4.98 Å². The molecule has 1 unspecified atom stereocenters. The first-order valence-electron chi connectivity index (χ1n) is 10.0. The number of nitrogens with two attached hydrogens (primary N) is 1. The molecule has 1 amide bonds. The van der Waals surface area contributed by atoms with Crippen molar-refractivity contribution in [3.8, 4) is 0 Å². The molecule has 1 atom stereocenters. The number of hydrogen-bond donors (Lipinski definition) is 1. The van der Waals surface area contributed by atoms with E-state index in [1.807, 2.05) is 11.0 Å². The van der Waals surface area contributed by atoms with E-state index in [1.54, 1.807) is 0 Å². The van der Waals surface area contributed by atoms with Crippen molar-refractivity contribution >= 4 is 41.8 Å². The van der Waals surface area contributed by atoms with Crippen LogP contribution in [0.2, 0.25) is 0 Å². The number of fused-ring (bicyclic) bond motifs is 1. The van der Waals surface area contributed by atoms with Crippen LogP contribution in [0, 0.1) is 0 Å². The molecule has 156 valence electrons. The van der Waals surface area contributed by atoms with Crippen molar-refractivity contribution in [2.45, 2.75) is 69.9 Å². The second-order valence-corrected chi connectivity index (χ2v) is 8.38. The minimum absolute atomic E-state index is 0. The number of aromatic nitrogens is 2. The van der Waals surface area contributed by atoms with Crippen LogP contribution < -0.4 is 5.73 Å². The predicted molar refractivity (Wildman–Crippen MR) is 119 cm³/mol. The van der Waals surface area contributed by atoms with Gasteiger partial charge < -0.3 is 15.2 Å². The Bertz CT molecular complexity index is 814. The van der Waals surface area contributed by atoms with Crippen LogP contribution in [0.4, 0.5) is 0 Å². The standard InChI is InChI=1S/C21H30N4O.2ClH/c1-15(2)25-18-10-4-3-9-17(18)23-19(25)16-8-7-13-24(14-16)20(26)21(22)11-5-6-12-21;;/h3-4,9-10,15-16H,5-8,11-14,22H2,1-2H3;2*1H. The molecule has 1 aromatic heterocycles. The number of carbonyl (C=O) groups is 1. The summed E-state index contributed by atoms with van der Waals surface area (Å²) in [6.45, 7) is 5.98. The summed E-state index contributed by atoms with van der Waals surface area (Å²) < 4.78 is 2.35. The molecule has 2 aromatic rings. The van der Waals surface area contributed by atoms with Gasteiger partial charge in [-0.15, -0.1) is 24.8 Å². The van der Waals surface area contributed by atoms with Crippen molar-refractivity contribution in [3.63, 3.8) is 0 Å². The van der Waals surface area contributed by atoms with E-state index in [9.17, 15) is 4.79 Å². The minimum Gasteiger partial charge on any atom is -0.340 e. The third-order valence-electron chi connectivity index (χ3n) is 6.13. The van der Waals surface area contributed by atoms with Gasteiger partial charge in [-0.2, -0.15) is 0 Å². The normalized spacial score (nSPS) is 21.4. The molecular weight excluding hydrogens is 395 g/mol. The molecule has 1 aliphatic carbocycles. The SMILES string of the molecule is CC(C)n1c(C2CCCN(C(=O)C3(N)CCCC3)C2)nc2ccccc21.Cl.Cl. The lowest BCUT2D eigenvalue weighted by Gasteiger charge is -2.37. The third-order valence-corrected chi connectivity index (χ3v) is 6.13. The second-order valence-electron chi connectivity index (χ2n) is 8.38. The summed E-state index contributed by atoms with van der Waals surface area (Å²) >= 11 is 0. The average molecular weight is 427 g/mol. The molecule has 2 N–H and O–H groups in total. The number of carbonyl (C=O) groups excluding carboxylic acids is 1. The van der Waals surface area contributed by atoms with Crippen molar-refractivity contribution in [2.75, 3.05) is 13.1 Å². The van der Waals surface area contributed by atoms with Gasteiger partial charge in [0.1, 0.15) is 5.82 Å². The number of likely N-dealkylation sites (tertiary alicyclic amines) is 1. The summed E-state index contributed by atoms with van der Waals surface area (Å²) in [6, 6.07) is 8.68. The molecule has 2 fully saturated rings. The van der Waals surface area contributed by atoms with E-state index >= 15 is 0 Å². The number of para-hydroxylation sites is 2. The highest BCUT2D eigenvalue weighted by Crippen LogP contribution is 2.34. The lowest BCUT2D eigenvalue weighted by molar-refractivity contribution is -0.138. The Morgan fingerprint density at radius 2 is 1.86 bits per heavy atom. The zero-order chi connectivity index (χ0) is 18.3. The molecule has 1 aliphatic heterocycles. The van der Waals surface area contributed by atoms with Gasteiger partial charge in [-0.05, 0) is 51.7 Å². The third kappa shape index (κ3) is 4.03. The zero-order valence-corrected chi connectivity index (χ0v) is 18.4. The van der Waals surface area contributed by atoms with Gasteiger partial charge >= 0.3 is 0 Å². The number of nitrogens with zero attached hydrogens (tertiary/aromatic N) is 3. The van der Waals surface area contributed by atoms with Gasteiger partial charge in [-0.3, -0.25) is 4.79 Å². The second kappa shape index (κ2) is 9.02. The van der Waals surface area contributed by atoms with E-state index in [-0.39, 0.29) is 36.6 Å². The fraction of sp³-hybridized carbons (Fsp3) is 0.619. The molecule has 1 saturated heterocycles. The van der Waals surface area contributed by atoms with Gasteiger partial charge in [0.05, 0.1) is 16.6 Å². The Labute approximate surface area is 179 Å². The Balaban J connectivity index is 0.00000140. The monoisotopic (exact) mass is 426 g/mol. The molecular formula is C21H32Cl2N4O. The summed E-state index contributed by atoms with van der Waals surface area (Å²) in [4.78, 5) is 20.0. The Hall–Kier alpha value is -1.30. The summed E-state index contributed by atoms with van der Waals surface area (Å²) in [6.07, 6.45) is 5.91. The van der Waals surface area contributed by atoms with E-state index in [1.165, 1.54) is 5.52 Å². The highest BCUT2D eigenvalue weighted by Gasteiger charge is 2.41. The van der Waals surface area contributed by atoms with Crippen LogP contribution in [0.5, 0.6) is 0 Å². The van der Waals surface area contributed by atoms with E-state index in [0.717, 1.165) is 63.0 Å². The summed E-state index contributed by atoms with van der Waals surface area (Å²) in [7, 11) is 0. The zero-order valence-electron chi connectivity index (χ0n) is 16.8. The topological polar surface area (TPSA) is 64.2 Å². The van der Waals surface area contributed by atoms with Gasteiger partial charge in [0.25, 0.3) is 0 Å². The van der Waals surface area contributed by atoms with Crippen LogP contribution in [0.25, 0.3) is 11.0 Å². The molecule has 4 rings (SSSR count). The van der Waals surface area contributed by atoms with Crippen LogP contribution in [-0.2, 0) is 4.79 Å². The largest absolute Gasteiger partial charge is 0.340 e. The maximum Gasteiger partial charge on any atom is 0.242 e. The quantitative estimate of drug-likeness (QED) is 0.788. The van der Waals surface area contributed by atoms with Crippen LogP contribution in [0.15, 0.2) is 24.3 Å². The molecule has 0 spiro atoms. The van der Waals surface area contributed by atoms with Crippen LogP contribution >= 0.6 is 24.8 Å². The van der Waals surface area contributed by atoms with E-state index in [2.05, 4.69) is 36.6 Å². The molecule has 0 bridgehead atoms. The molecule has 0 radical (unpaired) electrons. The number of halogens is 2. The smallest absolute Gasteiger partial charge is 0.242 e. The highest BCUT2D eigenvalue weighted by atomic mass is 35.5. The Morgan fingerprint density at radius 1 is 1.18 bits per heavy atom. The van der Waals surface area contributed by atoms with E-state index in [4.69, 9.17) is 10.7 Å². The van der Waals surface area contributed by atoms with Crippen LogP contribution in [0.3, 0.4) is 0 Å². The van der Waals surface area contributed by atoms with Gasteiger partial charge in [0.15, 0.2) is 0 Å². The Morgan fingerprint density at radius 3 is 2.54 bits per heavy atom. The highest BCUT2D eigenvalue weighted by molar-refractivity contribution is 5.86. The Kier molecular flexibility index (Phi) is 7.40. The van der Waals surface area contributed by atoms with Gasteiger partial charge in [0, 0.05) is 25.0 Å². The molecule has 2 heterocycles. The predicted octanol–water partition coefficient (Wildman–Crippen LogP) is 4.44. The van der Waals surface area contributed by atoms with Gasteiger partial charge in [-0.1, -0.05) is 25.0 Å². The first kappa shape index (κ1) is 23.0. The first-order chi connectivity index (χ1) is 12.5. The summed E-state index contributed by atoms with van der Waals surface area (Å²) in [5, 5.41) is 0. The van der Waals surface area contributed by atoms with Crippen molar-refractivity contribution in [2.24, 2.45) is 5.73 Å². The van der Waals surface area contributed by atoms with E-state index < -0.39 is 5.54 Å². The van der Waals surface area contributed by atoms with Gasteiger partial charge in [0.2, 0.25) is 5.91 Å². The van der Waals surface area contributed by atoms with E-state index in [0.29, 0.717) is 6.04 Å². The van der Waals surface area contributed by atoms with Crippen molar-refractivity contribution in [1.82, 2.24) is 14.5 Å². The maximum atomic E-state index is 13.1. The lowest BCUT2D eigenvalue weighted by Crippen LogP contribution is -2.55.